The van der Waals surface area contributed by atoms with E-state index >= 15 is 0 Å². The van der Waals surface area contributed by atoms with Crippen molar-refractivity contribution in [1.82, 2.24) is 0 Å². The van der Waals surface area contributed by atoms with Gasteiger partial charge in [0.2, 0.25) is 0 Å². The van der Waals surface area contributed by atoms with Crippen molar-refractivity contribution in [3.05, 3.63) is 35.5 Å². The molecule has 7 atom stereocenters. The number of halogens is 1. The van der Waals surface area contributed by atoms with Crippen molar-refractivity contribution in [3.63, 3.8) is 0 Å². The molecule has 28 heavy (non-hydrogen) atoms. The molecule has 0 aromatic rings. The van der Waals surface area contributed by atoms with Crippen LogP contribution in [0.1, 0.15) is 20.3 Å². The Morgan fingerprint density at radius 1 is 1.50 bits per heavy atom. The molecule has 1 heterocycles. The molecule has 154 valence electrons. The van der Waals surface area contributed by atoms with Crippen LogP contribution >= 0.6 is 11.6 Å². The lowest BCUT2D eigenvalue weighted by Crippen LogP contribution is -2.49. The van der Waals surface area contributed by atoms with Crippen LogP contribution in [0.2, 0.25) is 0 Å². The third kappa shape index (κ3) is 3.30. The quantitative estimate of drug-likeness (QED) is 0.271. The molecule has 8 heteroatoms. The molecule has 0 aromatic heterocycles. The summed E-state index contributed by atoms with van der Waals surface area (Å²) in [5.74, 6) is -3.29. The molecule has 3 rings (SSSR count). The second kappa shape index (κ2) is 7.63. The van der Waals surface area contributed by atoms with E-state index in [1.54, 1.807) is 13.0 Å². The van der Waals surface area contributed by atoms with Crippen molar-refractivity contribution in [2.24, 2.45) is 17.8 Å². The first-order valence-electron chi connectivity index (χ1n) is 9.17. The molecule has 2 fully saturated rings. The number of aliphatic hydroxyl groups is 3. The minimum Gasteiger partial charge on any atom is -0.458 e. The number of hydrogen-bond donors (Lipinski definition) is 3. The number of alkyl halides is 1. The molecular weight excluding hydrogens is 388 g/mol. The van der Waals surface area contributed by atoms with Crippen molar-refractivity contribution >= 4 is 23.5 Å². The summed E-state index contributed by atoms with van der Waals surface area (Å²) in [6.07, 6.45) is 0.251. The minimum absolute atomic E-state index is 0.0786. The summed E-state index contributed by atoms with van der Waals surface area (Å²) < 4.78 is 11.2. The predicted octanol–water partition coefficient (Wildman–Crippen LogP) is 0.861. The van der Waals surface area contributed by atoms with E-state index in [-0.39, 0.29) is 30.1 Å². The van der Waals surface area contributed by atoms with Crippen molar-refractivity contribution in [3.8, 4) is 0 Å². The number of aliphatic hydroxyl groups excluding tert-OH is 2. The van der Waals surface area contributed by atoms with E-state index in [0.717, 1.165) is 5.57 Å². The highest BCUT2D eigenvalue weighted by Gasteiger charge is 2.62. The van der Waals surface area contributed by atoms with E-state index in [9.17, 15) is 19.8 Å². The van der Waals surface area contributed by atoms with Gasteiger partial charge in [0.15, 0.2) is 0 Å². The van der Waals surface area contributed by atoms with Gasteiger partial charge in [0, 0.05) is 29.4 Å². The third-order valence-corrected chi connectivity index (χ3v) is 6.58. The SMILES string of the molecule is C=C1C(=O)OC2C1C(OC(=O)C(C)=CCO)CC(O)(CCl)C1C(O)C=C(C)C21. The van der Waals surface area contributed by atoms with E-state index < -0.39 is 53.6 Å². The molecule has 2 aliphatic carbocycles. The van der Waals surface area contributed by atoms with Gasteiger partial charge in [-0.1, -0.05) is 18.2 Å². The number of fused-ring (bicyclic) bond motifs is 3. The Balaban J connectivity index is 2.04. The molecule has 0 bridgehead atoms. The summed E-state index contributed by atoms with van der Waals surface area (Å²) in [6, 6.07) is 0. The first-order valence-corrected chi connectivity index (χ1v) is 9.71. The van der Waals surface area contributed by atoms with Crippen LogP contribution in [-0.2, 0) is 19.1 Å². The largest absolute Gasteiger partial charge is 0.458 e. The second-order valence-corrected chi connectivity index (χ2v) is 8.10. The van der Waals surface area contributed by atoms with Crippen LogP contribution < -0.4 is 0 Å². The average Bonchev–Trinajstić information content (AvgIpc) is 3.05. The lowest BCUT2D eigenvalue weighted by atomic mass is 9.75. The molecule has 1 aliphatic heterocycles. The van der Waals surface area contributed by atoms with Gasteiger partial charge in [-0.2, -0.15) is 0 Å². The maximum atomic E-state index is 12.4. The summed E-state index contributed by atoms with van der Waals surface area (Å²) in [4.78, 5) is 24.7. The first kappa shape index (κ1) is 21.0. The van der Waals surface area contributed by atoms with Gasteiger partial charge >= 0.3 is 11.9 Å². The summed E-state index contributed by atoms with van der Waals surface area (Å²) in [5, 5.41) is 30.9. The van der Waals surface area contributed by atoms with Gasteiger partial charge in [-0.05, 0) is 19.9 Å². The molecule has 1 saturated carbocycles. The normalized spacial score (nSPS) is 40.4. The Morgan fingerprint density at radius 3 is 2.79 bits per heavy atom. The van der Waals surface area contributed by atoms with Gasteiger partial charge in [0.1, 0.15) is 12.2 Å². The van der Waals surface area contributed by atoms with Gasteiger partial charge in [0.05, 0.1) is 30.1 Å². The van der Waals surface area contributed by atoms with E-state index in [0.29, 0.717) is 0 Å². The van der Waals surface area contributed by atoms with Gasteiger partial charge < -0.3 is 24.8 Å². The van der Waals surface area contributed by atoms with Crippen molar-refractivity contribution in [2.45, 2.75) is 44.2 Å². The summed E-state index contributed by atoms with van der Waals surface area (Å²) in [6.45, 7) is 6.79. The average molecular weight is 413 g/mol. The molecule has 0 radical (unpaired) electrons. The maximum Gasteiger partial charge on any atom is 0.334 e. The number of hydrogen-bond acceptors (Lipinski definition) is 7. The van der Waals surface area contributed by atoms with Gasteiger partial charge in [-0.3, -0.25) is 0 Å². The van der Waals surface area contributed by atoms with E-state index in [1.165, 1.54) is 13.0 Å². The molecule has 3 N–H and O–H groups in total. The molecular formula is C20H25ClO7. The fourth-order valence-corrected chi connectivity index (χ4v) is 5.04. The zero-order valence-electron chi connectivity index (χ0n) is 15.8. The predicted molar refractivity (Wildman–Crippen MR) is 100 cm³/mol. The molecule has 1 saturated heterocycles. The summed E-state index contributed by atoms with van der Waals surface area (Å²) in [7, 11) is 0. The topological polar surface area (TPSA) is 113 Å². The minimum atomic E-state index is -1.55. The van der Waals surface area contributed by atoms with E-state index in [2.05, 4.69) is 6.58 Å². The van der Waals surface area contributed by atoms with Crippen LogP contribution in [0.3, 0.4) is 0 Å². The van der Waals surface area contributed by atoms with E-state index in [4.69, 9.17) is 26.2 Å². The van der Waals surface area contributed by atoms with Gasteiger partial charge in [-0.15, -0.1) is 11.6 Å². The van der Waals surface area contributed by atoms with Crippen molar-refractivity contribution in [1.29, 1.82) is 0 Å². The highest BCUT2D eigenvalue weighted by atomic mass is 35.5. The number of carbonyl (C=O) groups is 2. The molecule has 3 aliphatic rings. The van der Waals surface area contributed by atoms with Crippen molar-refractivity contribution < 1.29 is 34.4 Å². The number of rotatable bonds is 4. The molecule has 7 unspecified atom stereocenters. The van der Waals surface area contributed by atoms with Gasteiger partial charge in [0.25, 0.3) is 0 Å². The van der Waals surface area contributed by atoms with Gasteiger partial charge in [-0.25, -0.2) is 9.59 Å². The van der Waals surface area contributed by atoms with Crippen LogP contribution in [0.5, 0.6) is 0 Å². The number of esters is 2. The second-order valence-electron chi connectivity index (χ2n) is 7.83. The fraction of sp³-hybridized carbons (Fsp3) is 0.600. The van der Waals surface area contributed by atoms with Crippen LogP contribution in [0.4, 0.5) is 0 Å². The monoisotopic (exact) mass is 412 g/mol. The maximum absolute atomic E-state index is 12.4. The Kier molecular flexibility index (Phi) is 5.74. The summed E-state index contributed by atoms with van der Waals surface area (Å²) in [5.41, 5.74) is -0.402. The Labute approximate surface area is 168 Å². The lowest BCUT2D eigenvalue weighted by Gasteiger charge is -2.38. The Bertz CT molecular complexity index is 758. The molecule has 0 spiro atoms. The molecule has 0 aromatic carbocycles. The van der Waals surface area contributed by atoms with E-state index in [1.807, 2.05) is 0 Å². The smallest absolute Gasteiger partial charge is 0.334 e. The lowest BCUT2D eigenvalue weighted by molar-refractivity contribution is -0.150. The van der Waals surface area contributed by atoms with Crippen LogP contribution in [0.25, 0.3) is 0 Å². The zero-order valence-corrected chi connectivity index (χ0v) is 16.6. The fourth-order valence-electron chi connectivity index (χ4n) is 4.76. The number of carbonyl (C=O) groups excluding carboxylic acids is 2. The third-order valence-electron chi connectivity index (χ3n) is 6.11. The molecule has 7 nitrogen and oxygen atoms in total. The Hall–Kier alpha value is -1.67. The zero-order chi connectivity index (χ0) is 20.8. The first-order chi connectivity index (χ1) is 13.1. The Morgan fingerprint density at radius 2 is 2.18 bits per heavy atom. The summed E-state index contributed by atoms with van der Waals surface area (Å²) >= 11 is 6.11. The standard InChI is InChI=1S/C20H25ClO7/c1-9(4-5-22)18(24)27-13-7-20(26,8-21)16-12(23)6-10(2)14(16)17-15(13)11(3)19(25)28-17/h4,6,12-17,22-23,26H,3,5,7-8H2,1-2H3. The highest BCUT2D eigenvalue weighted by molar-refractivity contribution is 6.18. The van der Waals surface area contributed by atoms with Crippen LogP contribution in [-0.4, -0.2) is 63.7 Å². The van der Waals surface area contributed by atoms with Crippen LogP contribution in [0, 0.1) is 17.8 Å². The highest BCUT2D eigenvalue weighted by Crippen LogP contribution is 2.53. The number of ether oxygens (including phenoxy) is 2. The molecule has 0 amide bonds. The van der Waals surface area contributed by atoms with Crippen LogP contribution in [0.15, 0.2) is 35.5 Å². The van der Waals surface area contributed by atoms with Crippen molar-refractivity contribution in [2.75, 3.05) is 12.5 Å².